The average Bonchev–Trinajstić information content (AvgIpc) is 2.59. The summed E-state index contributed by atoms with van der Waals surface area (Å²) in [5.74, 6) is -6.10. The standard InChI is InChI=1S/C17H16FNO6/c18-10-3-1-2-9-13(10)17(4-6-25-7-5-17)15(23)12(14(9)22)16(24)19-8-11(20)21/h1-3,12H,4-8H2,(H,19,24)(H,20,21). The van der Waals surface area contributed by atoms with Crippen LogP contribution in [0.1, 0.15) is 28.8 Å². The molecule has 2 aliphatic rings. The first-order valence-corrected chi connectivity index (χ1v) is 7.83. The van der Waals surface area contributed by atoms with Crippen molar-refractivity contribution in [2.45, 2.75) is 18.3 Å². The van der Waals surface area contributed by atoms with Gasteiger partial charge in [-0.05, 0) is 18.9 Å². The highest BCUT2D eigenvalue weighted by Crippen LogP contribution is 2.45. The van der Waals surface area contributed by atoms with Gasteiger partial charge in [0.25, 0.3) is 0 Å². The molecule has 1 aromatic carbocycles. The van der Waals surface area contributed by atoms with E-state index >= 15 is 0 Å². The number of benzene rings is 1. The van der Waals surface area contributed by atoms with E-state index in [0.717, 1.165) is 0 Å². The van der Waals surface area contributed by atoms with Crippen molar-refractivity contribution in [1.29, 1.82) is 0 Å². The molecule has 1 spiro atoms. The highest BCUT2D eigenvalue weighted by molar-refractivity contribution is 6.29. The van der Waals surface area contributed by atoms with Gasteiger partial charge in [0.2, 0.25) is 5.91 Å². The molecule has 8 heteroatoms. The molecule has 0 bridgehead atoms. The number of carboxylic acid groups (broad SMARTS) is 1. The van der Waals surface area contributed by atoms with Crippen molar-refractivity contribution in [2.24, 2.45) is 5.92 Å². The number of halogens is 1. The van der Waals surface area contributed by atoms with Crippen LogP contribution in [0.4, 0.5) is 4.39 Å². The maximum atomic E-state index is 14.5. The number of aliphatic carboxylic acids is 1. The number of ether oxygens (including phenoxy) is 1. The second-order valence-electron chi connectivity index (χ2n) is 6.13. The molecule has 1 unspecified atom stereocenters. The number of hydrogen-bond acceptors (Lipinski definition) is 5. The van der Waals surface area contributed by atoms with Gasteiger partial charge in [-0.25, -0.2) is 4.39 Å². The molecule has 132 valence electrons. The summed E-state index contributed by atoms with van der Waals surface area (Å²) in [5.41, 5.74) is -1.29. The van der Waals surface area contributed by atoms with Crippen molar-refractivity contribution in [3.05, 3.63) is 35.1 Å². The topological polar surface area (TPSA) is 110 Å². The van der Waals surface area contributed by atoms with Gasteiger partial charge in [-0.1, -0.05) is 12.1 Å². The minimum absolute atomic E-state index is 0.00280. The third-order valence-corrected chi connectivity index (χ3v) is 4.78. The van der Waals surface area contributed by atoms with Gasteiger partial charge in [0, 0.05) is 24.3 Å². The Kier molecular flexibility index (Phi) is 4.38. The van der Waals surface area contributed by atoms with Crippen LogP contribution in [-0.4, -0.2) is 48.3 Å². The third-order valence-electron chi connectivity index (χ3n) is 4.78. The van der Waals surface area contributed by atoms with Crippen LogP contribution in [0.3, 0.4) is 0 Å². The lowest BCUT2D eigenvalue weighted by atomic mass is 9.60. The van der Waals surface area contributed by atoms with Gasteiger partial charge >= 0.3 is 5.97 Å². The lowest BCUT2D eigenvalue weighted by molar-refractivity contribution is -0.142. The molecule has 1 amide bonds. The van der Waals surface area contributed by atoms with Crippen LogP contribution < -0.4 is 5.32 Å². The number of ketones is 2. The van der Waals surface area contributed by atoms with E-state index in [2.05, 4.69) is 5.32 Å². The Morgan fingerprint density at radius 2 is 1.96 bits per heavy atom. The van der Waals surface area contributed by atoms with Crippen LogP contribution in [0, 0.1) is 11.7 Å². The summed E-state index contributed by atoms with van der Waals surface area (Å²) in [7, 11) is 0. The van der Waals surface area contributed by atoms with Crippen LogP contribution in [0.5, 0.6) is 0 Å². The molecule has 2 N–H and O–H groups in total. The first-order chi connectivity index (χ1) is 11.9. The van der Waals surface area contributed by atoms with Crippen molar-refractivity contribution in [1.82, 2.24) is 5.32 Å². The highest BCUT2D eigenvalue weighted by Gasteiger charge is 2.55. The van der Waals surface area contributed by atoms with E-state index < -0.39 is 47.1 Å². The molecule has 1 saturated heterocycles. The van der Waals surface area contributed by atoms with Crippen LogP contribution in [0.2, 0.25) is 0 Å². The number of hydrogen-bond donors (Lipinski definition) is 2. The Bertz CT molecular complexity index is 768. The fraction of sp³-hybridized carbons (Fsp3) is 0.412. The number of Topliss-reactive ketones (excluding diaryl/α,β-unsaturated/α-hetero) is 2. The zero-order valence-corrected chi connectivity index (χ0v) is 13.2. The van der Waals surface area contributed by atoms with Crippen LogP contribution in [0.25, 0.3) is 0 Å². The molecule has 1 atom stereocenters. The van der Waals surface area contributed by atoms with Crippen molar-refractivity contribution in [3.8, 4) is 0 Å². The first kappa shape index (κ1) is 17.2. The van der Waals surface area contributed by atoms with E-state index in [4.69, 9.17) is 9.84 Å². The van der Waals surface area contributed by atoms with Crippen LogP contribution in [-0.2, 0) is 24.5 Å². The molecular formula is C17H16FNO6. The Labute approximate surface area is 142 Å². The molecule has 0 aromatic heterocycles. The summed E-state index contributed by atoms with van der Waals surface area (Å²) in [6.45, 7) is -0.295. The monoisotopic (exact) mass is 349 g/mol. The van der Waals surface area contributed by atoms with E-state index in [9.17, 15) is 23.6 Å². The number of rotatable bonds is 3. The second-order valence-corrected chi connectivity index (χ2v) is 6.13. The summed E-state index contributed by atoms with van der Waals surface area (Å²) < 4.78 is 19.8. The fourth-order valence-corrected chi connectivity index (χ4v) is 3.61. The summed E-state index contributed by atoms with van der Waals surface area (Å²) in [6.07, 6.45) is 0.325. The molecule has 0 saturated carbocycles. The quantitative estimate of drug-likeness (QED) is 0.767. The predicted octanol–water partition coefficient (Wildman–Crippen LogP) is 0.456. The summed E-state index contributed by atoms with van der Waals surface area (Å²) >= 11 is 0. The zero-order chi connectivity index (χ0) is 18.2. The maximum absolute atomic E-state index is 14.5. The van der Waals surface area contributed by atoms with E-state index in [1.807, 2.05) is 0 Å². The van der Waals surface area contributed by atoms with E-state index in [1.54, 1.807) is 0 Å². The summed E-state index contributed by atoms with van der Waals surface area (Å²) in [5, 5.41) is 10.8. The Morgan fingerprint density at radius 1 is 1.28 bits per heavy atom. The summed E-state index contributed by atoms with van der Waals surface area (Å²) in [4.78, 5) is 48.7. The minimum atomic E-state index is -1.67. The number of nitrogens with one attached hydrogen (secondary N) is 1. The number of carbonyl (C=O) groups excluding carboxylic acids is 3. The van der Waals surface area contributed by atoms with Crippen LogP contribution in [0.15, 0.2) is 18.2 Å². The number of carboxylic acids is 1. The highest BCUT2D eigenvalue weighted by atomic mass is 19.1. The smallest absolute Gasteiger partial charge is 0.322 e. The average molecular weight is 349 g/mol. The molecule has 1 aromatic rings. The van der Waals surface area contributed by atoms with Crippen molar-refractivity contribution >= 4 is 23.4 Å². The van der Waals surface area contributed by atoms with Gasteiger partial charge in [0.1, 0.15) is 12.4 Å². The molecular weight excluding hydrogens is 333 g/mol. The number of amides is 1. The predicted molar refractivity (Wildman–Crippen MR) is 81.6 cm³/mol. The molecule has 7 nitrogen and oxygen atoms in total. The van der Waals surface area contributed by atoms with Gasteiger partial charge in [-0.3, -0.25) is 19.2 Å². The van der Waals surface area contributed by atoms with Crippen molar-refractivity contribution in [3.63, 3.8) is 0 Å². The lowest BCUT2D eigenvalue weighted by Crippen LogP contribution is -2.56. The normalized spacial score (nSPS) is 21.7. The van der Waals surface area contributed by atoms with Gasteiger partial charge in [0.15, 0.2) is 17.5 Å². The van der Waals surface area contributed by atoms with Crippen molar-refractivity contribution < 1.29 is 33.4 Å². The Morgan fingerprint density at radius 3 is 2.60 bits per heavy atom. The van der Waals surface area contributed by atoms with E-state index in [0.29, 0.717) is 0 Å². The molecule has 1 aliphatic carbocycles. The molecule has 25 heavy (non-hydrogen) atoms. The molecule has 1 fully saturated rings. The first-order valence-electron chi connectivity index (χ1n) is 7.83. The van der Waals surface area contributed by atoms with Gasteiger partial charge in [-0.15, -0.1) is 0 Å². The summed E-state index contributed by atoms with van der Waals surface area (Å²) in [6, 6.07) is 3.92. The van der Waals surface area contributed by atoms with Gasteiger partial charge in [-0.2, -0.15) is 0 Å². The minimum Gasteiger partial charge on any atom is -0.480 e. The molecule has 3 rings (SSSR count). The fourth-order valence-electron chi connectivity index (χ4n) is 3.61. The van der Waals surface area contributed by atoms with Crippen LogP contribution >= 0.6 is 0 Å². The maximum Gasteiger partial charge on any atom is 0.322 e. The Balaban J connectivity index is 2.09. The lowest BCUT2D eigenvalue weighted by Gasteiger charge is -2.42. The van der Waals surface area contributed by atoms with E-state index in [1.165, 1.54) is 18.2 Å². The number of carbonyl (C=O) groups is 4. The van der Waals surface area contributed by atoms with Gasteiger partial charge in [0.05, 0.1) is 5.41 Å². The molecule has 0 radical (unpaired) electrons. The largest absolute Gasteiger partial charge is 0.480 e. The number of fused-ring (bicyclic) bond motifs is 2. The van der Waals surface area contributed by atoms with E-state index in [-0.39, 0.29) is 37.2 Å². The Hall–Kier alpha value is -2.61. The zero-order valence-electron chi connectivity index (χ0n) is 13.2. The molecule has 1 heterocycles. The SMILES string of the molecule is O=C(O)CNC(=O)C1C(=O)c2cccc(F)c2C2(CCOCC2)C1=O. The third kappa shape index (κ3) is 2.72. The van der Waals surface area contributed by atoms with Gasteiger partial charge < -0.3 is 15.2 Å². The second kappa shape index (κ2) is 6.36. The van der Waals surface area contributed by atoms with Crippen molar-refractivity contribution in [2.75, 3.05) is 19.8 Å². The molecule has 1 aliphatic heterocycles.